The highest BCUT2D eigenvalue weighted by Gasteiger charge is 2.35. The maximum Gasteiger partial charge on any atom is 0.225 e. The van der Waals surface area contributed by atoms with E-state index in [0.29, 0.717) is 37.6 Å². The number of carbonyl (C=O) groups excluding carboxylic acids is 1. The second-order valence-corrected chi connectivity index (χ2v) is 4.92. The number of nitrogens with zero attached hydrogens (tertiary/aromatic N) is 3. The van der Waals surface area contributed by atoms with Gasteiger partial charge in [0.25, 0.3) is 0 Å². The molecule has 18 heavy (non-hydrogen) atoms. The number of hydrogen-bond acceptors (Lipinski definition) is 5. The molecule has 0 atom stereocenters. The highest BCUT2D eigenvalue weighted by molar-refractivity contribution is 5.80. The van der Waals surface area contributed by atoms with Gasteiger partial charge in [0, 0.05) is 24.7 Å². The summed E-state index contributed by atoms with van der Waals surface area (Å²) in [5.41, 5.74) is 5.58. The van der Waals surface area contributed by atoms with Gasteiger partial charge in [-0.2, -0.15) is 0 Å². The first-order valence-electron chi connectivity index (χ1n) is 6.03. The van der Waals surface area contributed by atoms with Crippen LogP contribution in [0.4, 0.5) is 5.95 Å². The van der Waals surface area contributed by atoms with Crippen molar-refractivity contribution in [2.45, 2.75) is 26.4 Å². The van der Waals surface area contributed by atoms with E-state index in [9.17, 15) is 4.79 Å². The number of aliphatic hydroxyl groups is 1. The third kappa shape index (κ3) is 2.43. The SMILES string of the molecule is CC1(C(N)=O)CCN(c2nccc(CO)n2)CC1. The number of primary amides is 1. The molecule has 0 saturated carbocycles. The van der Waals surface area contributed by atoms with Gasteiger partial charge in [-0.15, -0.1) is 0 Å². The molecule has 1 aliphatic heterocycles. The minimum atomic E-state index is -0.426. The molecule has 0 spiro atoms. The number of rotatable bonds is 3. The second-order valence-electron chi connectivity index (χ2n) is 4.92. The van der Waals surface area contributed by atoms with Gasteiger partial charge in [-0.05, 0) is 18.9 Å². The highest BCUT2D eigenvalue weighted by Crippen LogP contribution is 2.31. The number of aliphatic hydroxyl groups excluding tert-OH is 1. The molecule has 2 heterocycles. The van der Waals surface area contributed by atoms with Gasteiger partial charge in [0.2, 0.25) is 11.9 Å². The number of amides is 1. The minimum Gasteiger partial charge on any atom is -0.390 e. The van der Waals surface area contributed by atoms with Crippen molar-refractivity contribution in [1.29, 1.82) is 0 Å². The fourth-order valence-corrected chi connectivity index (χ4v) is 2.07. The molecule has 6 nitrogen and oxygen atoms in total. The first-order valence-corrected chi connectivity index (χ1v) is 6.03. The summed E-state index contributed by atoms with van der Waals surface area (Å²) in [5.74, 6) is 0.361. The van der Waals surface area contributed by atoms with Gasteiger partial charge in [-0.25, -0.2) is 9.97 Å². The van der Waals surface area contributed by atoms with Gasteiger partial charge in [0.15, 0.2) is 0 Å². The summed E-state index contributed by atoms with van der Waals surface area (Å²) in [4.78, 5) is 21.8. The van der Waals surface area contributed by atoms with E-state index in [-0.39, 0.29) is 12.5 Å². The van der Waals surface area contributed by atoms with E-state index in [2.05, 4.69) is 9.97 Å². The predicted molar refractivity (Wildman–Crippen MR) is 66.7 cm³/mol. The fraction of sp³-hybridized carbons (Fsp3) is 0.583. The lowest BCUT2D eigenvalue weighted by Gasteiger charge is -2.37. The zero-order valence-corrected chi connectivity index (χ0v) is 10.5. The summed E-state index contributed by atoms with van der Waals surface area (Å²) in [6, 6.07) is 1.68. The zero-order valence-electron chi connectivity index (χ0n) is 10.5. The Hall–Kier alpha value is -1.69. The van der Waals surface area contributed by atoms with E-state index >= 15 is 0 Å². The van der Waals surface area contributed by atoms with Crippen LogP contribution in [0.1, 0.15) is 25.5 Å². The Labute approximate surface area is 106 Å². The number of nitrogens with two attached hydrogens (primary N) is 1. The molecule has 1 saturated heterocycles. The summed E-state index contributed by atoms with van der Waals surface area (Å²) in [5, 5.41) is 9.05. The lowest BCUT2D eigenvalue weighted by atomic mass is 9.80. The van der Waals surface area contributed by atoms with Crippen LogP contribution >= 0.6 is 0 Å². The normalized spacial score (nSPS) is 18.7. The van der Waals surface area contributed by atoms with E-state index in [1.165, 1.54) is 0 Å². The Morgan fingerprint density at radius 3 is 2.78 bits per heavy atom. The van der Waals surface area contributed by atoms with Crippen molar-refractivity contribution in [2.24, 2.45) is 11.1 Å². The smallest absolute Gasteiger partial charge is 0.225 e. The third-order valence-corrected chi connectivity index (χ3v) is 3.61. The molecule has 0 unspecified atom stereocenters. The lowest BCUT2D eigenvalue weighted by molar-refractivity contribution is -0.127. The number of hydrogen-bond donors (Lipinski definition) is 2. The second kappa shape index (κ2) is 4.89. The molecule has 0 aromatic carbocycles. The van der Waals surface area contributed by atoms with Crippen LogP contribution in [0.3, 0.4) is 0 Å². The summed E-state index contributed by atoms with van der Waals surface area (Å²) >= 11 is 0. The maximum absolute atomic E-state index is 11.4. The Balaban J connectivity index is 2.07. The van der Waals surface area contributed by atoms with Crippen molar-refractivity contribution in [3.8, 4) is 0 Å². The molecule has 2 rings (SSSR count). The van der Waals surface area contributed by atoms with Crippen LogP contribution in [0, 0.1) is 5.41 Å². The molecule has 0 aliphatic carbocycles. The predicted octanol–water partition coefficient (Wildman–Crippen LogP) is 0.0607. The summed E-state index contributed by atoms with van der Waals surface area (Å²) in [6.45, 7) is 3.21. The third-order valence-electron chi connectivity index (χ3n) is 3.61. The number of piperidine rings is 1. The van der Waals surface area contributed by atoms with Gasteiger partial charge in [-0.1, -0.05) is 6.92 Å². The van der Waals surface area contributed by atoms with Gasteiger partial charge >= 0.3 is 0 Å². The summed E-state index contributed by atoms with van der Waals surface area (Å²) < 4.78 is 0. The standard InChI is InChI=1S/C12H18N4O2/c1-12(10(13)18)3-6-16(7-4-12)11-14-5-2-9(8-17)15-11/h2,5,17H,3-4,6-8H2,1H3,(H2,13,18). The molecule has 0 bridgehead atoms. The number of anilines is 1. The molecule has 0 radical (unpaired) electrons. The first kappa shape index (κ1) is 12.8. The molecule has 6 heteroatoms. The van der Waals surface area contributed by atoms with Crippen LogP contribution in [0.5, 0.6) is 0 Å². The molecule has 3 N–H and O–H groups in total. The van der Waals surface area contributed by atoms with Crippen molar-refractivity contribution in [2.75, 3.05) is 18.0 Å². The van der Waals surface area contributed by atoms with Gasteiger partial charge in [0.1, 0.15) is 0 Å². The average molecular weight is 250 g/mol. The maximum atomic E-state index is 11.4. The molecule has 98 valence electrons. The largest absolute Gasteiger partial charge is 0.390 e. The van der Waals surface area contributed by atoms with Crippen molar-refractivity contribution >= 4 is 11.9 Å². The molecule has 1 fully saturated rings. The van der Waals surface area contributed by atoms with Gasteiger partial charge in [0.05, 0.1) is 12.3 Å². The molecular weight excluding hydrogens is 232 g/mol. The summed E-state index contributed by atoms with van der Waals surface area (Å²) in [6.07, 6.45) is 3.04. The van der Waals surface area contributed by atoms with Gasteiger partial charge < -0.3 is 15.7 Å². The van der Waals surface area contributed by atoms with Crippen LogP contribution in [-0.4, -0.2) is 34.1 Å². The van der Waals surface area contributed by atoms with Crippen molar-refractivity contribution in [3.63, 3.8) is 0 Å². The Kier molecular flexibility index (Phi) is 3.47. The quantitative estimate of drug-likeness (QED) is 0.791. The zero-order chi connectivity index (χ0) is 13.2. The van der Waals surface area contributed by atoms with E-state index in [1.807, 2.05) is 11.8 Å². The molecule has 1 aromatic heterocycles. The van der Waals surface area contributed by atoms with Crippen LogP contribution in [0.2, 0.25) is 0 Å². The minimum absolute atomic E-state index is 0.0949. The molecule has 1 aliphatic rings. The highest BCUT2D eigenvalue weighted by atomic mass is 16.3. The molecular formula is C12H18N4O2. The van der Waals surface area contributed by atoms with E-state index in [1.54, 1.807) is 12.3 Å². The first-order chi connectivity index (χ1) is 8.55. The van der Waals surface area contributed by atoms with Crippen LogP contribution < -0.4 is 10.6 Å². The van der Waals surface area contributed by atoms with Gasteiger partial charge in [-0.3, -0.25) is 4.79 Å². The number of aromatic nitrogens is 2. The van der Waals surface area contributed by atoms with Crippen LogP contribution in [0.25, 0.3) is 0 Å². The average Bonchev–Trinajstić information content (AvgIpc) is 2.39. The van der Waals surface area contributed by atoms with Crippen molar-refractivity contribution < 1.29 is 9.90 Å². The fourth-order valence-electron chi connectivity index (χ4n) is 2.07. The monoisotopic (exact) mass is 250 g/mol. The Morgan fingerprint density at radius 2 is 2.22 bits per heavy atom. The lowest BCUT2D eigenvalue weighted by Crippen LogP contribution is -2.46. The topological polar surface area (TPSA) is 92.3 Å². The van der Waals surface area contributed by atoms with E-state index < -0.39 is 5.41 Å². The van der Waals surface area contributed by atoms with Crippen molar-refractivity contribution in [1.82, 2.24) is 9.97 Å². The van der Waals surface area contributed by atoms with Crippen molar-refractivity contribution in [3.05, 3.63) is 18.0 Å². The summed E-state index contributed by atoms with van der Waals surface area (Å²) in [7, 11) is 0. The van der Waals surface area contributed by atoms with E-state index in [0.717, 1.165) is 0 Å². The van der Waals surface area contributed by atoms with Crippen LogP contribution in [0.15, 0.2) is 12.3 Å². The molecule has 1 aromatic rings. The van der Waals surface area contributed by atoms with Crippen LogP contribution in [-0.2, 0) is 11.4 Å². The number of carbonyl (C=O) groups is 1. The Morgan fingerprint density at radius 1 is 1.56 bits per heavy atom. The van der Waals surface area contributed by atoms with E-state index in [4.69, 9.17) is 10.8 Å². The Bertz CT molecular complexity index is 441. The molecule has 1 amide bonds.